The van der Waals surface area contributed by atoms with Crippen LogP contribution < -0.4 is 16.0 Å². The van der Waals surface area contributed by atoms with Gasteiger partial charge in [0, 0.05) is 37.8 Å². The van der Waals surface area contributed by atoms with Crippen LogP contribution in [0.1, 0.15) is 41.3 Å². The largest absolute Gasteiger partial charge is 0.352 e. The van der Waals surface area contributed by atoms with Crippen LogP contribution in [-0.2, 0) is 13.1 Å². The molecule has 3 N–H and O–H groups in total. The summed E-state index contributed by atoms with van der Waals surface area (Å²) in [6.45, 7) is 3.69. The molecular weight excluding hydrogens is 470 g/mol. The molecule has 0 fully saturated rings. The van der Waals surface area contributed by atoms with E-state index in [4.69, 9.17) is 0 Å². The van der Waals surface area contributed by atoms with Crippen molar-refractivity contribution in [3.63, 3.8) is 0 Å². The number of benzene rings is 2. The fraction of sp³-hybridized carbons (Fsp3) is 0.333. The van der Waals surface area contributed by atoms with E-state index >= 15 is 0 Å². The Hall–Kier alpha value is -2.16. The predicted octanol–water partition coefficient (Wildman–Crippen LogP) is 3.84. The molecule has 0 aliphatic carbocycles. The highest BCUT2D eigenvalue weighted by atomic mass is 127. The smallest absolute Gasteiger partial charge is 0.251 e. The summed E-state index contributed by atoms with van der Waals surface area (Å²) < 4.78 is 13.7. The van der Waals surface area contributed by atoms with Crippen LogP contribution in [0.3, 0.4) is 0 Å². The quantitative estimate of drug-likeness (QED) is 0.224. The Kier molecular flexibility index (Phi) is 11.2. The average molecular weight is 498 g/mol. The molecule has 0 unspecified atom stereocenters. The van der Waals surface area contributed by atoms with Crippen molar-refractivity contribution in [2.45, 2.75) is 32.9 Å². The SMILES string of the molecule is CCCCNC(=O)c1ccc(CNC(=NC)NCc2ccccc2F)cc1.I. The zero-order valence-electron chi connectivity index (χ0n) is 16.3. The van der Waals surface area contributed by atoms with Crippen LogP contribution in [0.25, 0.3) is 0 Å². The minimum atomic E-state index is -0.242. The molecule has 5 nitrogen and oxygen atoms in total. The van der Waals surface area contributed by atoms with Crippen molar-refractivity contribution < 1.29 is 9.18 Å². The van der Waals surface area contributed by atoms with Gasteiger partial charge in [-0.15, -0.1) is 24.0 Å². The van der Waals surface area contributed by atoms with Crippen LogP contribution in [-0.4, -0.2) is 25.5 Å². The highest BCUT2D eigenvalue weighted by Crippen LogP contribution is 2.06. The van der Waals surface area contributed by atoms with Gasteiger partial charge < -0.3 is 16.0 Å². The van der Waals surface area contributed by atoms with E-state index in [0.717, 1.165) is 18.4 Å². The van der Waals surface area contributed by atoms with Crippen molar-refractivity contribution in [3.8, 4) is 0 Å². The highest BCUT2D eigenvalue weighted by molar-refractivity contribution is 14.0. The number of nitrogens with one attached hydrogen (secondary N) is 3. The van der Waals surface area contributed by atoms with E-state index in [0.29, 0.717) is 36.7 Å². The number of unbranched alkanes of at least 4 members (excludes halogenated alkanes) is 1. The van der Waals surface area contributed by atoms with Crippen molar-refractivity contribution in [1.29, 1.82) is 0 Å². The van der Waals surface area contributed by atoms with E-state index in [1.165, 1.54) is 6.07 Å². The molecule has 2 aromatic rings. The number of aliphatic imine (C=N–C) groups is 1. The van der Waals surface area contributed by atoms with Gasteiger partial charge in [0.05, 0.1) is 0 Å². The molecule has 0 radical (unpaired) electrons. The Morgan fingerprint density at radius 3 is 2.32 bits per heavy atom. The molecule has 7 heteroatoms. The minimum Gasteiger partial charge on any atom is -0.352 e. The fourth-order valence-corrected chi connectivity index (χ4v) is 2.48. The average Bonchev–Trinajstić information content (AvgIpc) is 2.70. The van der Waals surface area contributed by atoms with Gasteiger partial charge in [0.1, 0.15) is 5.82 Å². The number of nitrogens with zero attached hydrogens (tertiary/aromatic N) is 1. The molecule has 0 saturated heterocycles. The monoisotopic (exact) mass is 498 g/mol. The third kappa shape index (κ3) is 7.84. The third-order valence-electron chi connectivity index (χ3n) is 4.12. The molecule has 0 spiro atoms. The summed E-state index contributed by atoms with van der Waals surface area (Å²) in [5, 5.41) is 9.17. The maximum atomic E-state index is 13.7. The molecule has 152 valence electrons. The number of guanidine groups is 1. The zero-order chi connectivity index (χ0) is 19.5. The Morgan fingerprint density at radius 2 is 1.68 bits per heavy atom. The van der Waals surface area contributed by atoms with Gasteiger partial charge in [-0.3, -0.25) is 9.79 Å². The third-order valence-corrected chi connectivity index (χ3v) is 4.12. The number of hydrogen-bond acceptors (Lipinski definition) is 2. The van der Waals surface area contributed by atoms with Crippen LogP contribution in [0.5, 0.6) is 0 Å². The molecular formula is C21H28FIN4O. The van der Waals surface area contributed by atoms with Crippen LogP contribution in [0.4, 0.5) is 4.39 Å². The first-order valence-corrected chi connectivity index (χ1v) is 9.19. The number of carbonyl (C=O) groups is 1. The molecule has 0 atom stereocenters. The van der Waals surface area contributed by atoms with E-state index in [1.54, 1.807) is 25.2 Å². The lowest BCUT2D eigenvalue weighted by Crippen LogP contribution is -2.36. The standard InChI is InChI=1S/C21H27FN4O.HI/c1-3-4-13-24-20(27)17-11-9-16(10-12-17)14-25-21(23-2)26-15-18-7-5-6-8-19(18)22;/h5-12H,3-4,13-15H2,1-2H3,(H,24,27)(H2,23,25,26);1H. The highest BCUT2D eigenvalue weighted by Gasteiger charge is 2.05. The molecule has 2 rings (SSSR count). The van der Waals surface area contributed by atoms with Gasteiger partial charge in [-0.2, -0.15) is 0 Å². The van der Waals surface area contributed by atoms with Crippen LogP contribution >= 0.6 is 24.0 Å². The van der Waals surface area contributed by atoms with Gasteiger partial charge in [-0.1, -0.05) is 43.7 Å². The lowest BCUT2D eigenvalue weighted by Gasteiger charge is -2.12. The summed E-state index contributed by atoms with van der Waals surface area (Å²) in [7, 11) is 1.67. The molecule has 0 bridgehead atoms. The number of rotatable bonds is 8. The zero-order valence-corrected chi connectivity index (χ0v) is 18.6. The lowest BCUT2D eigenvalue weighted by atomic mass is 10.1. The van der Waals surface area contributed by atoms with Gasteiger partial charge in [0.2, 0.25) is 0 Å². The molecule has 0 aliphatic rings. The van der Waals surface area contributed by atoms with Crippen molar-refractivity contribution in [2.24, 2.45) is 4.99 Å². The fourth-order valence-electron chi connectivity index (χ4n) is 2.48. The molecule has 0 saturated carbocycles. The Balaban J connectivity index is 0.00000392. The van der Waals surface area contributed by atoms with E-state index < -0.39 is 0 Å². The van der Waals surface area contributed by atoms with Crippen LogP contribution in [0.2, 0.25) is 0 Å². The summed E-state index contributed by atoms with van der Waals surface area (Å²) in [6, 6.07) is 14.1. The van der Waals surface area contributed by atoms with E-state index in [1.807, 2.05) is 24.3 Å². The summed E-state index contributed by atoms with van der Waals surface area (Å²) in [5.41, 5.74) is 2.25. The maximum absolute atomic E-state index is 13.7. The van der Waals surface area contributed by atoms with Gasteiger partial charge in [0.15, 0.2) is 5.96 Å². The summed E-state index contributed by atoms with van der Waals surface area (Å²) in [5.74, 6) is 0.290. The van der Waals surface area contributed by atoms with E-state index in [-0.39, 0.29) is 35.7 Å². The number of amides is 1. The number of hydrogen-bond donors (Lipinski definition) is 3. The molecule has 1 amide bonds. The predicted molar refractivity (Wildman–Crippen MR) is 123 cm³/mol. The summed E-state index contributed by atoms with van der Waals surface area (Å²) in [6.07, 6.45) is 2.03. The number of carbonyl (C=O) groups excluding carboxylic acids is 1. The van der Waals surface area contributed by atoms with E-state index in [9.17, 15) is 9.18 Å². The van der Waals surface area contributed by atoms with Crippen LogP contribution in [0.15, 0.2) is 53.5 Å². The maximum Gasteiger partial charge on any atom is 0.251 e. The topological polar surface area (TPSA) is 65.5 Å². The second-order valence-corrected chi connectivity index (χ2v) is 6.18. The van der Waals surface area contributed by atoms with Gasteiger partial charge in [-0.25, -0.2) is 4.39 Å². The molecule has 0 heterocycles. The normalized spacial score (nSPS) is 10.8. The Bertz CT molecular complexity index is 765. The van der Waals surface area contributed by atoms with Gasteiger partial charge >= 0.3 is 0 Å². The molecule has 28 heavy (non-hydrogen) atoms. The number of halogens is 2. The van der Waals surface area contributed by atoms with Gasteiger partial charge in [0.25, 0.3) is 5.91 Å². The summed E-state index contributed by atoms with van der Waals surface area (Å²) in [4.78, 5) is 16.1. The first-order valence-electron chi connectivity index (χ1n) is 9.19. The van der Waals surface area contributed by atoms with Crippen molar-refractivity contribution in [2.75, 3.05) is 13.6 Å². The van der Waals surface area contributed by atoms with Gasteiger partial charge in [-0.05, 0) is 30.2 Å². The van der Waals surface area contributed by atoms with Crippen LogP contribution in [0, 0.1) is 5.82 Å². The second-order valence-electron chi connectivity index (χ2n) is 6.18. The van der Waals surface area contributed by atoms with Crippen molar-refractivity contribution >= 4 is 35.8 Å². The molecule has 2 aromatic carbocycles. The summed E-state index contributed by atoms with van der Waals surface area (Å²) >= 11 is 0. The molecule has 0 aliphatic heterocycles. The van der Waals surface area contributed by atoms with E-state index in [2.05, 4.69) is 27.9 Å². The Labute approximate surface area is 183 Å². The lowest BCUT2D eigenvalue weighted by molar-refractivity contribution is 0.0953. The molecule has 0 aromatic heterocycles. The van der Waals surface area contributed by atoms with Crippen molar-refractivity contribution in [3.05, 3.63) is 71.0 Å². The van der Waals surface area contributed by atoms with Crippen molar-refractivity contribution in [1.82, 2.24) is 16.0 Å². The first-order chi connectivity index (χ1) is 13.1. The second kappa shape index (κ2) is 13.1. The minimum absolute atomic E-state index is 0. The Morgan fingerprint density at radius 1 is 1.00 bits per heavy atom. The first kappa shape index (κ1) is 23.9.